The zero-order valence-electron chi connectivity index (χ0n) is 20.3. The fourth-order valence-corrected chi connectivity index (χ4v) is 6.41. The molecular weight excluding hydrogens is 456 g/mol. The van der Waals surface area contributed by atoms with E-state index in [1.165, 1.54) is 23.3 Å². The average molecular weight is 489 g/mol. The highest BCUT2D eigenvalue weighted by molar-refractivity contribution is 7.98. The summed E-state index contributed by atoms with van der Waals surface area (Å²) < 4.78 is 7.49. The van der Waals surface area contributed by atoms with E-state index in [0.717, 1.165) is 53.8 Å². The van der Waals surface area contributed by atoms with E-state index < -0.39 is 0 Å². The number of amides is 1. The van der Waals surface area contributed by atoms with Gasteiger partial charge in [-0.15, -0.1) is 11.8 Å². The number of rotatable bonds is 4. The summed E-state index contributed by atoms with van der Waals surface area (Å²) in [5, 5.41) is 4.99. The van der Waals surface area contributed by atoms with Crippen LogP contribution in [-0.2, 0) is 17.0 Å². The molecule has 0 atom stereocenters. The predicted molar refractivity (Wildman–Crippen MR) is 139 cm³/mol. The lowest BCUT2D eigenvalue weighted by Gasteiger charge is -2.30. The maximum Gasteiger partial charge on any atom is 0.274 e. The van der Waals surface area contributed by atoms with Crippen molar-refractivity contribution in [2.75, 3.05) is 39.4 Å². The van der Waals surface area contributed by atoms with Gasteiger partial charge in [-0.1, -0.05) is 37.3 Å². The number of ether oxygens (including phenoxy) is 1. The fraction of sp³-hybridized carbons (Fsp3) is 0.429. The molecule has 2 fully saturated rings. The lowest BCUT2D eigenvalue weighted by atomic mass is 9.99. The van der Waals surface area contributed by atoms with Crippen molar-refractivity contribution in [1.29, 1.82) is 0 Å². The van der Waals surface area contributed by atoms with Gasteiger partial charge in [0.05, 0.1) is 24.6 Å². The molecule has 4 heterocycles. The molecule has 182 valence electrons. The van der Waals surface area contributed by atoms with Crippen LogP contribution in [0.4, 0.5) is 0 Å². The molecule has 0 radical (unpaired) electrons. The van der Waals surface area contributed by atoms with E-state index in [0.29, 0.717) is 32.0 Å². The molecule has 3 aliphatic rings. The molecule has 0 bridgehead atoms. The number of hydrogen-bond donors (Lipinski definition) is 0. The SMILES string of the molecule is CC1CCN(Cc2cccc(-n3nc(C(=O)N4CCOCC4)c4c3-c3ccccc3SC4)c2)CC1. The molecule has 1 amide bonds. The second-order valence-electron chi connectivity index (χ2n) is 9.91. The smallest absolute Gasteiger partial charge is 0.274 e. The Balaban J connectivity index is 1.39. The Morgan fingerprint density at radius 2 is 1.86 bits per heavy atom. The summed E-state index contributed by atoms with van der Waals surface area (Å²) in [6.45, 7) is 8.03. The maximum atomic E-state index is 13.6. The van der Waals surface area contributed by atoms with E-state index in [-0.39, 0.29) is 5.91 Å². The lowest BCUT2D eigenvalue weighted by molar-refractivity contribution is 0.0298. The van der Waals surface area contributed by atoms with Gasteiger partial charge in [0.25, 0.3) is 5.91 Å². The number of carbonyl (C=O) groups excluding carboxylic acids is 1. The molecule has 3 aromatic rings. The number of likely N-dealkylation sites (tertiary alicyclic amines) is 1. The van der Waals surface area contributed by atoms with Gasteiger partial charge in [-0.25, -0.2) is 4.68 Å². The van der Waals surface area contributed by atoms with Crippen LogP contribution in [-0.4, -0.2) is 64.9 Å². The normalized spacial score (nSPS) is 18.8. The largest absolute Gasteiger partial charge is 0.378 e. The highest BCUT2D eigenvalue weighted by Gasteiger charge is 2.32. The number of aromatic nitrogens is 2. The number of benzene rings is 2. The molecule has 3 aliphatic heterocycles. The monoisotopic (exact) mass is 488 g/mol. The van der Waals surface area contributed by atoms with E-state index in [4.69, 9.17) is 9.84 Å². The van der Waals surface area contributed by atoms with Crippen molar-refractivity contribution < 1.29 is 9.53 Å². The predicted octanol–water partition coefficient (Wildman–Crippen LogP) is 4.85. The number of hydrogen-bond acceptors (Lipinski definition) is 5. The van der Waals surface area contributed by atoms with Gasteiger partial charge in [0, 0.05) is 41.4 Å². The average Bonchev–Trinajstić information content (AvgIpc) is 3.31. The standard InChI is InChI=1S/C28H32N4O2S/c1-20-9-11-30(12-10-20)18-21-5-4-6-22(17-21)32-27-23-7-2-3-8-25(23)35-19-24(27)26(29-32)28(33)31-13-15-34-16-14-31/h2-8,17,20H,9-16,18-19H2,1H3. The number of thioether (sulfide) groups is 1. The minimum Gasteiger partial charge on any atom is -0.378 e. The lowest BCUT2D eigenvalue weighted by Crippen LogP contribution is -2.41. The number of morpholine rings is 1. The Hall–Kier alpha value is -2.61. The van der Waals surface area contributed by atoms with Crippen molar-refractivity contribution in [3.8, 4) is 16.9 Å². The first-order chi connectivity index (χ1) is 17.2. The zero-order valence-corrected chi connectivity index (χ0v) is 21.1. The third kappa shape index (κ3) is 4.53. The van der Waals surface area contributed by atoms with E-state index >= 15 is 0 Å². The van der Waals surface area contributed by atoms with Crippen LogP contribution < -0.4 is 0 Å². The Bertz CT molecular complexity index is 1230. The Labute approximate surface area is 211 Å². The number of nitrogens with zero attached hydrogens (tertiary/aromatic N) is 4. The number of carbonyl (C=O) groups is 1. The van der Waals surface area contributed by atoms with Crippen LogP contribution in [0.3, 0.4) is 0 Å². The van der Waals surface area contributed by atoms with Gasteiger partial charge in [-0.05, 0) is 55.6 Å². The molecule has 6 nitrogen and oxygen atoms in total. The van der Waals surface area contributed by atoms with E-state index in [1.807, 2.05) is 9.58 Å². The van der Waals surface area contributed by atoms with Gasteiger partial charge in [0.15, 0.2) is 5.69 Å². The Morgan fingerprint density at radius 3 is 2.69 bits per heavy atom. The van der Waals surface area contributed by atoms with Crippen molar-refractivity contribution in [1.82, 2.24) is 19.6 Å². The van der Waals surface area contributed by atoms with Crippen LogP contribution >= 0.6 is 11.8 Å². The van der Waals surface area contributed by atoms with Crippen molar-refractivity contribution in [3.63, 3.8) is 0 Å². The maximum absolute atomic E-state index is 13.6. The summed E-state index contributed by atoms with van der Waals surface area (Å²) in [7, 11) is 0. The van der Waals surface area contributed by atoms with Gasteiger partial charge < -0.3 is 9.64 Å². The van der Waals surface area contributed by atoms with Gasteiger partial charge in [0.1, 0.15) is 0 Å². The highest BCUT2D eigenvalue weighted by atomic mass is 32.2. The minimum absolute atomic E-state index is 0.0156. The van der Waals surface area contributed by atoms with E-state index in [9.17, 15) is 4.79 Å². The second kappa shape index (κ2) is 9.80. The summed E-state index contributed by atoms with van der Waals surface area (Å²) in [6, 6.07) is 17.2. The van der Waals surface area contributed by atoms with E-state index in [1.54, 1.807) is 11.8 Å². The topological polar surface area (TPSA) is 50.6 Å². The molecule has 0 N–H and O–H groups in total. The van der Waals surface area contributed by atoms with E-state index in [2.05, 4.69) is 60.4 Å². The number of piperidine rings is 1. The minimum atomic E-state index is 0.0156. The first-order valence-electron chi connectivity index (χ1n) is 12.7. The number of fused-ring (bicyclic) bond motifs is 3. The second-order valence-corrected chi connectivity index (χ2v) is 10.9. The zero-order chi connectivity index (χ0) is 23.8. The van der Waals surface area contributed by atoms with Crippen molar-refractivity contribution in [3.05, 3.63) is 65.4 Å². The first kappa shape index (κ1) is 22.8. The van der Waals surface area contributed by atoms with Crippen molar-refractivity contribution in [2.45, 2.75) is 37.0 Å². The molecule has 7 heteroatoms. The van der Waals surface area contributed by atoms with Crippen molar-refractivity contribution in [2.24, 2.45) is 5.92 Å². The molecule has 0 saturated carbocycles. The Kier molecular flexibility index (Phi) is 6.39. The summed E-state index contributed by atoms with van der Waals surface area (Å²) >= 11 is 1.79. The van der Waals surface area contributed by atoms with Crippen LogP contribution in [0.1, 0.15) is 41.4 Å². The molecule has 2 aromatic carbocycles. The molecular formula is C28H32N4O2S. The highest BCUT2D eigenvalue weighted by Crippen LogP contribution is 2.43. The molecule has 0 unspecified atom stereocenters. The summed E-state index contributed by atoms with van der Waals surface area (Å²) in [5.74, 6) is 1.60. The third-order valence-electron chi connectivity index (χ3n) is 7.44. The van der Waals surface area contributed by atoms with Crippen LogP contribution in [0.15, 0.2) is 53.4 Å². The molecule has 0 aliphatic carbocycles. The van der Waals surface area contributed by atoms with Crippen molar-refractivity contribution >= 4 is 17.7 Å². The van der Waals surface area contributed by atoms with Crippen LogP contribution in [0.5, 0.6) is 0 Å². The molecule has 35 heavy (non-hydrogen) atoms. The first-order valence-corrected chi connectivity index (χ1v) is 13.7. The molecule has 2 saturated heterocycles. The van der Waals surface area contributed by atoms with Gasteiger partial charge in [0.2, 0.25) is 0 Å². The van der Waals surface area contributed by atoms with Gasteiger partial charge in [-0.3, -0.25) is 9.69 Å². The molecule has 6 rings (SSSR count). The Morgan fingerprint density at radius 1 is 1.06 bits per heavy atom. The van der Waals surface area contributed by atoms with Crippen LogP contribution in [0.25, 0.3) is 16.9 Å². The van der Waals surface area contributed by atoms with Gasteiger partial charge >= 0.3 is 0 Å². The summed E-state index contributed by atoms with van der Waals surface area (Å²) in [5.41, 5.74) is 6.15. The van der Waals surface area contributed by atoms with Gasteiger partial charge in [-0.2, -0.15) is 5.10 Å². The summed E-state index contributed by atoms with van der Waals surface area (Å²) in [6.07, 6.45) is 2.54. The summed E-state index contributed by atoms with van der Waals surface area (Å²) in [4.78, 5) is 19.2. The van der Waals surface area contributed by atoms with Crippen LogP contribution in [0.2, 0.25) is 0 Å². The quantitative estimate of drug-likeness (QED) is 0.526. The molecule has 0 spiro atoms. The van der Waals surface area contributed by atoms with Crippen LogP contribution in [0, 0.1) is 5.92 Å². The third-order valence-corrected chi connectivity index (χ3v) is 8.54. The fourth-order valence-electron chi connectivity index (χ4n) is 5.34. The molecule has 1 aromatic heterocycles.